The second-order valence-corrected chi connectivity index (χ2v) is 5.49. The SMILES string of the molecule is COCCCNC(=O)NCc1cccnc1N1CCCCC1. The van der Waals surface area contributed by atoms with Gasteiger partial charge in [-0.2, -0.15) is 0 Å². The Kier molecular flexibility index (Phi) is 6.96. The number of rotatable bonds is 7. The van der Waals surface area contributed by atoms with Gasteiger partial charge in [-0.1, -0.05) is 6.07 Å². The predicted octanol–water partition coefficient (Wildman–Crippen LogP) is 1.91. The van der Waals surface area contributed by atoms with Gasteiger partial charge in [0.25, 0.3) is 0 Å². The van der Waals surface area contributed by atoms with Crippen molar-refractivity contribution >= 4 is 11.8 Å². The van der Waals surface area contributed by atoms with Crippen molar-refractivity contribution in [3.63, 3.8) is 0 Å². The molecule has 0 spiro atoms. The number of nitrogens with one attached hydrogen (secondary N) is 2. The highest BCUT2D eigenvalue weighted by Gasteiger charge is 2.15. The molecule has 2 heterocycles. The summed E-state index contributed by atoms with van der Waals surface area (Å²) in [6, 6.07) is 3.80. The van der Waals surface area contributed by atoms with E-state index in [9.17, 15) is 4.79 Å². The number of ether oxygens (including phenoxy) is 1. The van der Waals surface area contributed by atoms with Gasteiger partial charge < -0.3 is 20.3 Å². The molecule has 6 heteroatoms. The lowest BCUT2D eigenvalue weighted by molar-refractivity contribution is 0.193. The molecule has 2 amide bonds. The lowest BCUT2D eigenvalue weighted by atomic mass is 10.1. The number of pyridine rings is 1. The Labute approximate surface area is 132 Å². The summed E-state index contributed by atoms with van der Waals surface area (Å²) in [5.74, 6) is 1.00. The molecule has 122 valence electrons. The molecule has 1 aromatic heterocycles. The second kappa shape index (κ2) is 9.25. The van der Waals surface area contributed by atoms with Gasteiger partial charge in [0.1, 0.15) is 5.82 Å². The van der Waals surface area contributed by atoms with Gasteiger partial charge in [-0.05, 0) is 31.7 Å². The fourth-order valence-electron chi connectivity index (χ4n) is 2.62. The van der Waals surface area contributed by atoms with Gasteiger partial charge in [0.2, 0.25) is 0 Å². The van der Waals surface area contributed by atoms with E-state index >= 15 is 0 Å². The maximum atomic E-state index is 11.8. The Hall–Kier alpha value is -1.82. The van der Waals surface area contributed by atoms with Crippen LogP contribution in [0.3, 0.4) is 0 Å². The van der Waals surface area contributed by atoms with E-state index in [1.54, 1.807) is 7.11 Å². The van der Waals surface area contributed by atoms with E-state index in [4.69, 9.17) is 4.74 Å². The number of amides is 2. The number of carbonyl (C=O) groups excluding carboxylic acids is 1. The minimum absolute atomic E-state index is 0.149. The van der Waals surface area contributed by atoms with E-state index in [0.29, 0.717) is 19.7 Å². The fourth-order valence-corrected chi connectivity index (χ4v) is 2.62. The monoisotopic (exact) mass is 306 g/mol. The van der Waals surface area contributed by atoms with Gasteiger partial charge in [0.05, 0.1) is 0 Å². The molecule has 1 aliphatic rings. The summed E-state index contributed by atoms with van der Waals surface area (Å²) in [6.07, 6.45) is 6.35. The van der Waals surface area contributed by atoms with Crippen LogP contribution in [0.5, 0.6) is 0 Å². The van der Waals surface area contributed by atoms with Crippen LogP contribution >= 0.6 is 0 Å². The first-order chi connectivity index (χ1) is 10.8. The zero-order valence-electron chi connectivity index (χ0n) is 13.3. The Morgan fingerprint density at radius 3 is 2.91 bits per heavy atom. The normalized spacial score (nSPS) is 14.7. The Morgan fingerprint density at radius 1 is 1.32 bits per heavy atom. The van der Waals surface area contributed by atoms with E-state index in [-0.39, 0.29) is 6.03 Å². The molecular formula is C16H26N4O2. The molecule has 0 radical (unpaired) electrons. The lowest BCUT2D eigenvalue weighted by Crippen LogP contribution is -2.37. The molecule has 22 heavy (non-hydrogen) atoms. The van der Waals surface area contributed by atoms with Crippen LogP contribution < -0.4 is 15.5 Å². The first-order valence-corrected chi connectivity index (χ1v) is 8.00. The van der Waals surface area contributed by atoms with Crippen molar-refractivity contribution in [3.05, 3.63) is 23.9 Å². The van der Waals surface area contributed by atoms with Crippen molar-refractivity contribution in [2.24, 2.45) is 0 Å². The van der Waals surface area contributed by atoms with E-state index < -0.39 is 0 Å². The highest BCUT2D eigenvalue weighted by Crippen LogP contribution is 2.21. The number of anilines is 1. The zero-order chi connectivity index (χ0) is 15.6. The minimum Gasteiger partial charge on any atom is -0.385 e. The van der Waals surface area contributed by atoms with Crippen molar-refractivity contribution in [3.8, 4) is 0 Å². The van der Waals surface area contributed by atoms with Crippen LogP contribution in [-0.4, -0.2) is 44.4 Å². The van der Waals surface area contributed by atoms with Crippen molar-refractivity contribution in [2.75, 3.05) is 38.3 Å². The van der Waals surface area contributed by atoms with Gasteiger partial charge in [-0.3, -0.25) is 0 Å². The molecule has 6 nitrogen and oxygen atoms in total. The first-order valence-electron chi connectivity index (χ1n) is 8.00. The number of nitrogens with zero attached hydrogens (tertiary/aromatic N) is 2. The molecule has 1 aliphatic heterocycles. The summed E-state index contributed by atoms with van der Waals surface area (Å²) >= 11 is 0. The Morgan fingerprint density at radius 2 is 2.14 bits per heavy atom. The molecule has 1 saturated heterocycles. The lowest BCUT2D eigenvalue weighted by Gasteiger charge is -2.29. The van der Waals surface area contributed by atoms with Crippen LogP contribution in [0.2, 0.25) is 0 Å². The van der Waals surface area contributed by atoms with E-state index in [0.717, 1.165) is 30.9 Å². The van der Waals surface area contributed by atoms with Crippen LogP contribution in [0, 0.1) is 0 Å². The molecule has 1 aromatic rings. The maximum Gasteiger partial charge on any atom is 0.315 e. The molecule has 1 fully saturated rings. The van der Waals surface area contributed by atoms with E-state index in [1.807, 2.05) is 18.3 Å². The molecule has 0 bridgehead atoms. The van der Waals surface area contributed by atoms with E-state index in [1.165, 1.54) is 19.3 Å². The highest BCUT2D eigenvalue weighted by atomic mass is 16.5. The summed E-state index contributed by atoms with van der Waals surface area (Å²) in [7, 11) is 1.66. The average molecular weight is 306 g/mol. The van der Waals surface area contributed by atoms with Gasteiger partial charge >= 0.3 is 6.03 Å². The number of aromatic nitrogens is 1. The van der Waals surface area contributed by atoms with Gasteiger partial charge in [0, 0.05) is 51.7 Å². The van der Waals surface area contributed by atoms with Crippen molar-refractivity contribution in [1.29, 1.82) is 0 Å². The van der Waals surface area contributed by atoms with Crippen LogP contribution in [0.4, 0.5) is 10.6 Å². The third kappa shape index (κ3) is 5.18. The quantitative estimate of drug-likeness (QED) is 0.755. The second-order valence-electron chi connectivity index (χ2n) is 5.49. The third-order valence-corrected chi connectivity index (χ3v) is 3.77. The van der Waals surface area contributed by atoms with Crippen LogP contribution in [0.15, 0.2) is 18.3 Å². The number of hydrogen-bond donors (Lipinski definition) is 2. The molecule has 0 saturated carbocycles. The fraction of sp³-hybridized carbons (Fsp3) is 0.625. The summed E-state index contributed by atoms with van der Waals surface area (Å²) in [5, 5.41) is 5.72. The minimum atomic E-state index is -0.149. The standard InChI is InChI=1S/C16H26N4O2/c1-22-12-6-9-18-16(21)19-13-14-7-5-8-17-15(14)20-10-3-2-4-11-20/h5,7-8H,2-4,6,9-13H2,1H3,(H2,18,19,21). The molecule has 0 aliphatic carbocycles. The summed E-state index contributed by atoms with van der Waals surface area (Å²) in [6.45, 7) is 3.87. The van der Waals surface area contributed by atoms with Crippen molar-refractivity contribution in [1.82, 2.24) is 15.6 Å². The molecule has 0 atom stereocenters. The largest absolute Gasteiger partial charge is 0.385 e. The number of urea groups is 1. The Bertz CT molecular complexity index is 461. The number of piperidine rings is 1. The molecule has 0 aromatic carbocycles. The maximum absolute atomic E-state index is 11.8. The number of carbonyl (C=O) groups is 1. The molecule has 0 unspecified atom stereocenters. The molecule has 2 N–H and O–H groups in total. The molecule has 2 rings (SSSR count). The average Bonchev–Trinajstić information content (AvgIpc) is 2.58. The van der Waals surface area contributed by atoms with Crippen molar-refractivity contribution < 1.29 is 9.53 Å². The van der Waals surface area contributed by atoms with Crippen LogP contribution in [0.25, 0.3) is 0 Å². The number of methoxy groups -OCH3 is 1. The van der Waals surface area contributed by atoms with Crippen LogP contribution in [-0.2, 0) is 11.3 Å². The topological polar surface area (TPSA) is 66.5 Å². The van der Waals surface area contributed by atoms with Crippen LogP contribution in [0.1, 0.15) is 31.2 Å². The number of hydrogen-bond acceptors (Lipinski definition) is 4. The smallest absolute Gasteiger partial charge is 0.315 e. The summed E-state index contributed by atoms with van der Waals surface area (Å²) < 4.78 is 4.95. The predicted molar refractivity (Wildman–Crippen MR) is 87.0 cm³/mol. The first kappa shape index (κ1) is 16.5. The van der Waals surface area contributed by atoms with Gasteiger partial charge in [0.15, 0.2) is 0 Å². The Balaban J connectivity index is 1.83. The third-order valence-electron chi connectivity index (χ3n) is 3.77. The molecular weight excluding hydrogens is 280 g/mol. The summed E-state index contributed by atoms with van der Waals surface area (Å²) in [5.41, 5.74) is 1.07. The van der Waals surface area contributed by atoms with Gasteiger partial charge in [-0.25, -0.2) is 9.78 Å². The van der Waals surface area contributed by atoms with Gasteiger partial charge in [-0.15, -0.1) is 0 Å². The van der Waals surface area contributed by atoms with Crippen molar-refractivity contribution in [2.45, 2.75) is 32.2 Å². The van der Waals surface area contributed by atoms with E-state index in [2.05, 4.69) is 20.5 Å². The highest BCUT2D eigenvalue weighted by molar-refractivity contribution is 5.74. The zero-order valence-corrected chi connectivity index (χ0v) is 13.3. The summed E-state index contributed by atoms with van der Waals surface area (Å²) in [4.78, 5) is 18.6.